The van der Waals surface area contributed by atoms with Gasteiger partial charge < -0.3 is 5.11 Å². The third kappa shape index (κ3) is 4.57. The van der Waals surface area contributed by atoms with Crippen LogP contribution in [0.3, 0.4) is 0 Å². The lowest BCUT2D eigenvalue weighted by atomic mass is 10.00. The van der Waals surface area contributed by atoms with Gasteiger partial charge in [-0.1, -0.05) is 41.9 Å². The van der Waals surface area contributed by atoms with Crippen molar-refractivity contribution >= 4 is 38.6 Å². The average molecular weight is 468 g/mol. The minimum absolute atomic E-state index is 0.0167. The lowest BCUT2D eigenvalue weighted by Gasteiger charge is -2.08. The Morgan fingerprint density at radius 2 is 1.72 bits per heavy atom. The van der Waals surface area contributed by atoms with Crippen molar-refractivity contribution in [1.29, 1.82) is 0 Å². The van der Waals surface area contributed by atoms with Gasteiger partial charge in [-0.3, -0.25) is 14.8 Å². The number of sulfonamides is 1. The number of halogens is 1. The Labute approximate surface area is 188 Å². The zero-order valence-electron chi connectivity index (χ0n) is 16.6. The van der Waals surface area contributed by atoms with Gasteiger partial charge in [0.2, 0.25) is 15.9 Å². The number of aliphatic imine (C=N–C) groups is 1. The van der Waals surface area contributed by atoms with E-state index in [-0.39, 0.29) is 17.3 Å². The first-order valence-corrected chi connectivity index (χ1v) is 11.4. The first-order valence-electron chi connectivity index (χ1n) is 9.49. The van der Waals surface area contributed by atoms with Gasteiger partial charge in [0.15, 0.2) is 0 Å². The molecule has 9 heteroatoms. The Kier molecular flexibility index (Phi) is 5.84. The summed E-state index contributed by atoms with van der Waals surface area (Å²) in [4.78, 5) is 19.1. The second kappa shape index (κ2) is 8.58. The van der Waals surface area contributed by atoms with Crippen LogP contribution >= 0.6 is 11.6 Å². The van der Waals surface area contributed by atoms with Crippen LogP contribution in [-0.2, 0) is 16.6 Å². The standard InChI is InChI=1S/C23H18ClN3O4S/c24-17-3-1-2-15(10-17)16-6-9-19-20(11-16)21(23(29)27-22(19)28)13-26-12-14-4-7-18(8-5-14)32(25,30)31/h1-11,13H,12H2,(H2,25,30,31)(H2,27,28,29). The zero-order chi connectivity index (χ0) is 22.9. The topological polar surface area (TPSA) is 126 Å². The molecule has 0 aliphatic heterocycles. The summed E-state index contributed by atoms with van der Waals surface area (Å²) in [5.41, 5.74) is 2.41. The highest BCUT2D eigenvalue weighted by atomic mass is 35.5. The summed E-state index contributed by atoms with van der Waals surface area (Å²) in [5, 5.41) is 17.0. The molecule has 0 unspecified atom stereocenters. The number of aromatic nitrogens is 1. The second-order valence-corrected chi connectivity index (χ2v) is 9.14. The lowest BCUT2D eigenvalue weighted by Crippen LogP contribution is -2.11. The molecule has 0 aliphatic carbocycles. The number of rotatable bonds is 5. The molecule has 0 spiro atoms. The maximum Gasteiger partial charge on any atom is 0.258 e. The molecule has 1 heterocycles. The van der Waals surface area contributed by atoms with Crippen LogP contribution in [0.4, 0.5) is 0 Å². The van der Waals surface area contributed by atoms with E-state index in [0.717, 1.165) is 16.7 Å². The first kappa shape index (κ1) is 21.8. The van der Waals surface area contributed by atoms with Crippen LogP contribution in [0.5, 0.6) is 5.88 Å². The van der Waals surface area contributed by atoms with Gasteiger partial charge in [-0.2, -0.15) is 0 Å². The molecule has 4 aromatic rings. The van der Waals surface area contributed by atoms with Crippen molar-refractivity contribution in [3.63, 3.8) is 0 Å². The quantitative estimate of drug-likeness (QED) is 0.385. The number of benzene rings is 3. The molecule has 0 bridgehead atoms. The summed E-state index contributed by atoms with van der Waals surface area (Å²) in [5.74, 6) is -0.293. The third-order valence-electron chi connectivity index (χ3n) is 4.95. The van der Waals surface area contributed by atoms with E-state index in [1.54, 1.807) is 30.3 Å². The fourth-order valence-corrected chi connectivity index (χ4v) is 4.05. The number of hydrogen-bond donors (Lipinski definition) is 3. The summed E-state index contributed by atoms with van der Waals surface area (Å²) in [6.45, 7) is 0.235. The molecule has 0 saturated heterocycles. The summed E-state index contributed by atoms with van der Waals surface area (Å²) in [6, 6.07) is 18.7. The van der Waals surface area contributed by atoms with E-state index < -0.39 is 15.6 Å². The predicted molar refractivity (Wildman–Crippen MR) is 126 cm³/mol. The SMILES string of the molecule is NS(=O)(=O)c1ccc(CN=Cc2c(O)[nH]c(=O)c3ccc(-c4cccc(Cl)c4)cc23)cc1. The van der Waals surface area contributed by atoms with Gasteiger partial charge >= 0.3 is 0 Å². The minimum Gasteiger partial charge on any atom is -0.494 e. The highest BCUT2D eigenvalue weighted by Crippen LogP contribution is 2.28. The van der Waals surface area contributed by atoms with E-state index in [1.165, 1.54) is 18.3 Å². The molecule has 0 saturated carbocycles. The minimum atomic E-state index is -3.76. The van der Waals surface area contributed by atoms with Crippen molar-refractivity contribution in [2.45, 2.75) is 11.4 Å². The number of nitrogens with one attached hydrogen (secondary N) is 1. The van der Waals surface area contributed by atoms with Crippen LogP contribution in [0.2, 0.25) is 5.02 Å². The molecular formula is C23H18ClN3O4S. The summed E-state index contributed by atoms with van der Waals surface area (Å²) in [7, 11) is -3.76. The third-order valence-corrected chi connectivity index (χ3v) is 6.11. The van der Waals surface area contributed by atoms with E-state index in [4.69, 9.17) is 16.7 Å². The van der Waals surface area contributed by atoms with Crippen LogP contribution < -0.4 is 10.7 Å². The fraction of sp³-hybridized carbons (Fsp3) is 0.0435. The Hall–Kier alpha value is -3.46. The first-order chi connectivity index (χ1) is 15.2. The fourth-order valence-electron chi connectivity index (χ4n) is 3.34. The zero-order valence-corrected chi connectivity index (χ0v) is 18.2. The molecule has 4 rings (SSSR count). The Balaban J connectivity index is 1.71. The number of nitrogens with two attached hydrogens (primary N) is 1. The van der Waals surface area contributed by atoms with Crippen molar-refractivity contribution in [2.75, 3.05) is 0 Å². The number of aromatic hydroxyl groups is 1. The number of primary sulfonamides is 1. The van der Waals surface area contributed by atoms with Gasteiger partial charge in [0.25, 0.3) is 5.56 Å². The van der Waals surface area contributed by atoms with Gasteiger partial charge in [-0.05, 0) is 53.1 Å². The number of aromatic amines is 1. The average Bonchev–Trinajstić information content (AvgIpc) is 2.75. The van der Waals surface area contributed by atoms with Gasteiger partial charge in [-0.25, -0.2) is 13.6 Å². The smallest absolute Gasteiger partial charge is 0.258 e. The van der Waals surface area contributed by atoms with E-state index in [9.17, 15) is 18.3 Å². The molecule has 32 heavy (non-hydrogen) atoms. The van der Waals surface area contributed by atoms with Crippen molar-refractivity contribution in [1.82, 2.24) is 4.98 Å². The van der Waals surface area contributed by atoms with Gasteiger partial charge in [0, 0.05) is 22.0 Å². The molecule has 0 amide bonds. The molecule has 0 radical (unpaired) electrons. The van der Waals surface area contributed by atoms with Crippen LogP contribution in [0.25, 0.3) is 21.9 Å². The lowest BCUT2D eigenvalue weighted by molar-refractivity contribution is 0.452. The number of pyridine rings is 1. The molecule has 0 fully saturated rings. The number of H-pyrrole nitrogens is 1. The van der Waals surface area contributed by atoms with Crippen LogP contribution in [0.15, 0.2) is 81.4 Å². The van der Waals surface area contributed by atoms with Crippen molar-refractivity contribution in [3.05, 3.63) is 93.2 Å². The van der Waals surface area contributed by atoms with Crippen LogP contribution in [0, 0.1) is 0 Å². The molecule has 162 valence electrons. The van der Waals surface area contributed by atoms with E-state index in [0.29, 0.717) is 21.4 Å². The molecule has 1 aromatic heterocycles. The van der Waals surface area contributed by atoms with Gasteiger partial charge in [-0.15, -0.1) is 0 Å². The van der Waals surface area contributed by atoms with E-state index >= 15 is 0 Å². The van der Waals surface area contributed by atoms with Crippen molar-refractivity contribution in [2.24, 2.45) is 10.1 Å². The van der Waals surface area contributed by atoms with Crippen LogP contribution in [-0.4, -0.2) is 24.7 Å². The summed E-state index contributed by atoms with van der Waals surface area (Å²) >= 11 is 6.10. The molecule has 0 aliphatic rings. The maximum atomic E-state index is 12.3. The van der Waals surface area contributed by atoms with Crippen molar-refractivity contribution in [3.8, 4) is 17.0 Å². The second-order valence-electron chi connectivity index (χ2n) is 7.15. The number of hydrogen-bond acceptors (Lipinski definition) is 5. The molecular weight excluding hydrogens is 450 g/mol. The molecule has 7 nitrogen and oxygen atoms in total. The number of fused-ring (bicyclic) bond motifs is 1. The Bertz CT molecular complexity index is 1510. The normalized spacial score (nSPS) is 11.9. The van der Waals surface area contributed by atoms with E-state index in [1.807, 2.05) is 24.3 Å². The highest BCUT2D eigenvalue weighted by Gasteiger charge is 2.11. The maximum absolute atomic E-state index is 12.3. The molecule has 0 atom stereocenters. The molecule has 4 N–H and O–H groups in total. The van der Waals surface area contributed by atoms with Gasteiger partial charge in [0.1, 0.15) is 0 Å². The monoisotopic (exact) mass is 467 g/mol. The van der Waals surface area contributed by atoms with Gasteiger partial charge in [0.05, 0.1) is 17.0 Å². The molecule has 3 aromatic carbocycles. The summed E-state index contributed by atoms with van der Waals surface area (Å²) < 4.78 is 22.7. The largest absolute Gasteiger partial charge is 0.494 e. The van der Waals surface area contributed by atoms with E-state index in [2.05, 4.69) is 9.98 Å². The Morgan fingerprint density at radius 3 is 2.41 bits per heavy atom. The Morgan fingerprint density at radius 1 is 1.00 bits per heavy atom. The number of nitrogens with zero attached hydrogens (tertiary/aromatic N) is 1. The van der Waals surface area contributed by atoms with Crippen LogP contribution in [0.1, 0.15) is 11.1 Å². The summed E-state index contributed by atoms with van der Waals surface area (Å²) in [6.07, 6.45) is 1.48. The predicted octanol–water partition coefficient (Wildman–Crippen LogP) is 3.82. The van der Waals surface area contributed by atoms with Crippen molar-refractivity contribution < 1.29 is 13.5 Å². The highest BCUT2D eigenvalue weighted by molar-refractivity contribution is 7.89.